The van der Waals surface area contributed by atoms with E-state index in [1.807, 2.05) is 24.3 Å². The number of anilines is 1. The summed E-state index contributed by atoms with van der Waals surface area (Å²) in [7, 11) is 1.64. The smallest absolute Gasteiger partial charge is 0.279 e. The van der Waals surface area contributed by atoms with Crippen LogP contribution in [0.3, 0.4) is 0 Å². The van der Waals surface area contributed by atoms with Gasteiger partial charge in [-0.2, -0.15) is 0 Å². The molecule has 0 bridgehead atoms. The minimum atomic E-state index is -0.483. The zero-order chi connectivity index (χ0) is 20.6. The van der Waals surface area contributed by atoms with Crippen molar-refractivity contribution in [3.8, 4) is 11.5 Å². The molecule has 0 atom stereocenters. The predicted octanol–water partition coefficient (Wildman–Crippen LogP) is 0.289. The number of rotatable bonds is 8. The van der Waals surface area contributed by atoms with Crippen LogP contribution in [-0.4, -0.2) is 58.9 Å². The van der Waals surface area contributed by atoms with Gasteiger partial charge in [0.2, 0.25) is 0 Å². The Balaban J connectivity index is 1.35. The number of carbonyl (C=O) groups excluding carboxylic acids is 1. The third-order valence-corrected chi connectivity index (χ3v) is 5.30. The third kappa shape index (κ3) is 6.59. The van der Waals surface area contributed by atoms with Gasteiger partial charge >= 0.3 is 0 Å². The fraction of sp³-hybridized carbons (Fsp3) is 0.381. The molecule has 0 unspecified atom stereocenters. The summed E-state index contributed by atoms with van der Waals surface area (Å²) in [6, 6.07) is 11.7. The number of ether oxygens (including phenoxy) is 2. The SMILES string of the molecule is COc1ccc(OCC[NH+]2CC[NH+](CC(=O)Nc3cc(Cl)ccc3F)CC2)cc1. The summed E-state index contributed by atoms with van der Waals surface area (Å²) >= 11 is 5.86. The van der Waals surface area contributed by atoms with Gasteiger partial charge in [0.15, 0.2) is 6.54 Å². The zero-order valence-corrected chi connectivity index (χ0v) is 17.2. The summed E-state index contributed by atoms with van der Waals surface area (Å²) in [5.74, 6) is 0.958. The van der Waals surface area contributed by atoms with Crippen LogP contribution in [0.5, 0.6) is 11.5 Å². The number of nitrogens with one attached hydrogen (secondary N) is 3. The van der Waals surface area contributed by atoms with Crippen molar-refractivity contribution in [3.05, 3.63) is 53.3 Å². The Kier molecular flexibility index (Phi) is 7.69. The molecule has 0 saturated carbocycles. The molecule has 2 aromatic rings. The summed E-state index contributed by atoms with van der Waals surface area (Å²) in [6.07, 6.45) is 0. The monoisotopic (exact) mass is 423 g/mol. The van der Waals surface area contributed by atoms with E-state index < -0.39 is 5.82 Å². The fourth-order valence-electron chi connectivity index (χ4n) is 3.38. The van der Waals surface area contributed by atoms with Crippen molar-refractivity contribution in [2.24, 2.45) is 0 Å². The van der Waals surface area contributed by atoms with Crippen LogP contribution < -0.4 is 24.6 Å². The fourth-order valence-corrected chi connectivity index (χ4v) is 3.56. The molecule has 29 heavy (non-hydrogen) atoms. The Hall–Kier alpha value is -2.35. The molecule has 3 N–H and O–H groups in total. The summed E-state index contributed by atoms with van der Waals surface area (Å²) in [6.45, 7) is 5.61. The van der Waals surface area contributed by atoms with E-state index in [2.05, 4.69) is 5.32 Å². The van der Waals surface area contributed by atoms with E-state index in [1.165, 1.54) is 28.0 Å². The van der Waals surface area contributed by atoms with E-state index in [4.69, 9.17) is 21.1 Å². The zero-order valence-electron chi connectivity index (χ0n) is 16.5. The lowest BCUT2D eigenvalue weighted by Gasteiger charge is -2.29. The van der Waals surface area contributed by atoms with Crippen LogP contribution >= 0.6 is 11.6 Å². The van der Waals surface area contributed by atoms with Crippen LogP contribution in [0.2, 0.25) is 5.02 Å². The number of hydrogen-bond donors (Lipinski definition) is 3. The predicted molar refractivity (Wildman–Crippen MR) is 110 cm³/mol. The van der Waals surface area contributed by atoms with Crippen molar-refractivity contribution in [1.82, 2.24) is 0 Å². The second-order valence-electron chi connectivity index (χ2n) is 7.12. The number of quaternary nitrogens is 2. The van der Waals surface area contributed by atoms with Crippen molar-refractivity contribution >= 4 is 23.2 Å². The van der Waals surface area contributed by atoms with Gasteiger partial charge in [-0.15, -0.1) is 0 Å². The van der Waals surface area contributed by atoms with Crippen LogP contribution in [0.15, 0.2) is 42.5 Å². The number of piperazine rings is 1. The molecule has 1 saturated heterocycles. The Morgan fingerprint density at radius 2 is 1.72 bits per heavy atom. The first-order chi connectivity index (χ1) is 14.0. The van der Waals surface area contributed by atoms with Crippen molar-refractivity contribution in [2.45, 2.75) is 0 Å². The van der Waals surface area contributed by atoms with E-state index in [0.717, 1.165) is 44.2 Å². The Morgan fingerprint density at radius 1 is 1.07 bits per heavy atom. The molecular weight excluding hydrogens is 397 g/mol. The lowest BCUT2D eigenvalue weighted by molar-refractivity contribution is -1.01. The average molecular weight is 424 g/mol. The molecule has 1 aliphatic rings. The highest BCUT2D eigenvalue weighted by Crippen LogP contribution is 2.19. The van der Waals surface area contributed by atoms with Crippen molar-refractivity contribution < 1.29 is 28.5 Å². The quantitative estimate of drug-likeness (QED) is 0.572. The van der Waals surface area contributed by atoms with Gasteiger partial charge in [0, 0.05) is 5.02 Å². The van der Waals surface area contributed by atoms with E-state index in [0.29, 0.717) is 18.2 Å². The Bertz CT molecular complexity index is 811. The van der Waals surface area contributed by atoms with Gasteiger partial charge in [-0.05, 0) is 42.5 Å². The Labute approximate surface area is 175 Å². The molecule has 6 nitrogen and oxygen atoms in total. The highest BCUT2D eigenvalue weighted by atomic mass is 35.5. The van der Waals surface area contributed by atoms with E-state index >= 15 is 0 Å². The third-order valence-electron chi connectivity index (χ3n) is 5.06. The normalized spacial score (nSPS) is 18.9. The maximum absolute atomic E-state index is 13.7. The van der Waals surface area contributed by atoms with Gasteiger partial charge in [-0.25, -0.2) is 4.39 Å². The summed E-state index contributed by atoms with van der Waals surface area (Å²) in [5, 5.41) is 3.01. The van der Waals surface area contributed by atoms with Crippen LogP contribution in [0, 0.1) is 5.82 Å². The van der Waals surface area contributed by atoms with Crippen molar-refractivity contribution in [2.75, 3.05) is 58.3 Å². The number of methoxy groups -OCH3 is 1. The molecule has 3 rings (SSSR count). The number of halogens is 2. The summed E-state index contributed by atoms with van der Waals surface area (Å²) < 4.78 is 24.7. The van der Waals surface area contributed by atoms with E-state index in [9.17, 15) is 9.18 Å². The topological polar surface area (TPSA) is 56.4 Å². The Morgan fingerprint density at radius 3 is 2.41 bits per heavy atom. The minimum Gasteiger partial charge on any atom is -0.497 e. The second kappa shape index (κ2) is 10.4. The molecular formula is C21H27ClFN3O3+2. The first-order valence-corrected chi connectivity index (χ1v) is 10.1. The highest BCUT2D eigenvalue weighted by molar-refractivity contribution is 6.30. The number of carbonyl (C=O) groups is 1. The van der Waals surface area contributed by atoms with Gasteiger partial charge in [0.05, 0.1) is 12.8 Å². The van der Waals surface area contributed by atoms with Gasteiger partial charge < -0.3 is 24.6 Å². The molecule has 1 aliphatic heterocycles. The van der Waals surface area contributed by atoms with Gasteiger partial charge in [-0.1, -0.05) is 11.6 Å². The first-order valence-electron chi connectivity index (χ1n) is 9.72. The van der Waals surface area contributed by atoms with Crippen LogP contribution in [0.1, 0.15) is 0 Å². The molecule has 0 aliphatic carbocycles. The largest absolute Gasteiger partial charge is 0.497 e. The minimum absolute atomic E-state index is 0.127. The molecule has 0 spiro atoms. The molecule has 0 aromatic heterocycles. The number of hydrogen-bond acceptors (Lipinski definition) is 3. The van der Waals surface area contributed by atoms with Crippen molar-refractivity contribution in [1.29, 1.82) is 0 Å². The molecule has 8 heteroatoms. The average Bonchev–Trinajstić information content (AvgIpc) is 2.72. The number of benzene rings is 2. The van der Waals surface area contributed by atoms with Crippen molar-refractivity contribution in [3.63, 3.8) is 0 Å². The van der Waals surface area contributed by atoms with Gasteiger partial charge in [0.1, 0.15) is 56.6 Å². The lowest BCUT2D eigenvalue weighted by Crippen LogP contribution is -3.28. The highest BCUT2D eigenvalue weighted by Gasteiger charge is 2.25. The number of amides is 1. The van der Waals surface area contributed by atoms with Crippen LogP contribution in [-0.2, 0) is 4.79 Å². The molecule has 1 fully saturated rings. The summed E-state index contributed by atoms with van der Waals surface area (Å²) in [4.78, 5) is 14.9. The van der Waals surface area contributed by atoms with Crippen LogP contribution in [0.4, 0.5) is 10.1 Å². The molecule has 1 heterocycles. The second-order valence-corrected chi connectivity index (χ2v) is 7.56. The van der Waals surface area contributed by atoms with Crippen LogP contribution in [0.25, 0.3) is 0 Å². The maximum Gasteiger partial charge on any atom is 0.279 e. The molecule has 2 aromatic carbocycles. The molecule has 1 amide bonds. The molecule has 0 radical (unpaired) electrons. The van der Waals surface area contributed by atoms with E-state index in [-0.39, 0.29) is 11.6 Å². The first kappa shape index (κ1) is 21.4. The lowest BCUT2D eigenvalue weighted by atomic mass is 10.3. The molecule has 156 valence electrons. The van der Waals surface area contributed by atoms with Gasteiger partial charge in [0.25, 0.3) is 5.91 Å². The summed E-state index contributed by atoms with van der Waals surface area (Å²) in [5.41, 5.74) is 0.127. The maximum atomic E-state index is 13.7. The van der Waals surface area contributed by atoms with E-state index in [1.54, 1.807) is 7.11 Å². The van der Waals surface area contributed by atoms with Gasteiger partial charge in [-0.3, -0.25) is 4.79 Å². The standard InChI is InChI=1S/C21H25ClFN3O3/c1-28-17-3-5-18(6-4-17)29-13-12-25-8-10-26(11-9-25)15-21(27)24-20-14-16(22)2-7-19(20)23/h2-7,14H,8-13,15H2,1H3,(H,24,27)/p+2.